The molecule has 4 rings (SSSR count). The lowest BCUT2D eigenvalue weighted by atomic mass is 10.2. The molecule has 0 atom stereocenters. The number of benzene rings is 1. The summed E-state index contributed by atoms with van der Waals surface area (Å²) in [4.78, 5) is 20.8. The number of hydrogen-bond acceptors (Lipinski definition) is 5. The van der Waals surface area contributed by atoms with Crippen LogP contribution in [0.1, 0.15) is 21.8 Å². The monoisotopic (exact) mass is 333 g/mol. The highest BCUT2D eigenvalue weighted by atomic mass is 16.5. The molecule has 7 nitrogen and oxygen atoms in total. The van der Waals surface area contributed by atoms with Crippen molar-refractivity contribution in [1.29, 1.82) is 0 Å². The lowest BCUT2D eigenvalue weighted by Gasteiger charge is -2.06. The van der Waals surface area contributed by atoms with Crippen molar-refractivity contribution in [3.63, 3.8) is 0 Å². The molecule has 3 heterocycles. The molecule has 0 saturated carbocycles. The molecule has 0 aliphatic carbocycles. The molecule has 0 radical (unpaired) electrons. The Balaban J connectivity index is 1.48. The number of aromatic nitrogens is 4. The van der Waals surface area contributed by atoms with Gasteiger partial charge in [0.1, 0.15) is 12.1 Å². The van der Waals surface area contributed by atoms with Crippen LogP contribution >= 0.6 is 0 Å². The van der Waals surface area contributed by atoms with Crippen molar-refractivity contribution in [2.24, 2.45) is 0 Å². The van der Waals surface area contributed by atoms with Crippen LogP contribution in [0, 0.1) is 6.92 Å². The molecular weight excluding hydrogens is 318 g/mol. The Kier molecular flexibility index (Phi) is 3.74. The minimum Gasteiger partial charge on any atom is -0.351 e. The summed E-state index contributed by atoms with van der Waals surface area (Å²) in [6, 6.07) is 13.3. The molecule has 0 aliphatic rings. The van der Waals surface area contributed by atoms with Gasteiger partial charge in [-0.25, -0.2) is 9.97 Å². The van der Waals surface area contributed by atoms with Gasteiger partial charge in [0.05, 0.1) is 16.7 Å². The van der Waals surface area contributed by atoms with E-state index in [2.05, 4.69) is 20.4 Å². The lowest BCUT2D eigenvalue weighted by Crippen LogP contribution is -2.22. The highest BCUT2D eigenvalue weighted by Crippen LogP contribution is 2.16. The maximum absolute atomic E-state index is 12.0. The first-order chi connectivity index (χ1) is 12.2. The number of rotatable bonds is 4. The van der Waals surface area contributed by atoms with Crippen LogP contribution in [0.25, 0.3) is 16.9 Å². The molecule has 1 aromatic carbocycles. The molecule has 0 fully saturated rings. The van der Waals surface area contributed by atoms with Crippen molar-refractivity contribution in [3.8, 4) is 5.82 Å². The molecule has 25 heavy (non-hydrogen) atoms. The quantitative estimate of drug-likeness (QED) is 0.620. The molecule has 1 amide bonds. The average molecular weight is 333 g/mol. The minimum atomic E-state index is -0.301. The second-order valence-electron chi connectivity index (χ2n) is 5.64. The van der Waals surface area contributed by atoms with Crippen molar-refractivity contribution in [1.82, 2.24) is 25.0 Å². The Morgan fingerprint density at radius 3 is 2.84 bits per heavy atom. The SMILES string of the molecule is Cc1cc(C(=O)NCc2ccc(-n3cnc4ccccc43)nc2)on1. The van der Waals surface area contributed by atoms with Crippen LogP contribution in [0.5, 0.6) is 0 Å². The van der Waals surface area contributed by atoms with Gasteiger partial charge in [0.25, 0.3) is 5.91 Å². The van der Waals surface area contributed by atoms with Crippen LogP contribution < -0.4 is 5.32 Å². The first-order valence-corrected chi connectivity index (χ1v) is 7.79. The maximum atomic E-state index is 12.0. The number of imidazole rings is 1. The summed E-state index contributed by atoms with van der Waals surface area (Å²) in [5.41, 5.74) is 3.47. The molecular formula is C18H15N5O2. The predicted octanol–water partition coefficient (Wildman–Crippen LogP) is 2.65. The Morgan fingerprint density at radius 2 is 2.08 bits per heavy atom. The summed E-state index contributed by atoms with van der Waals surface area (Å²) in [6.45, 7) is 2.12. The molecule has 3 aromatic heterocycles. The van der Waals surface area contributed by atoms with Crippen LogP contribution in [-0.2, 0) is 6.54 Å². The van der Waals surface area contributed by atoms with E-state index in [-0.39, 0.29) is 11.7 Å². The van der Waals surface area contributed by atoms with E-state index in [1.165, 1.54) is 0 Å². The van der Waals surface area contributed by atoms with Crippen LogP contribution in [0.15, 0.2) is 59.5 Å². The largest absolute Gasteiger partial charge is 0.351 e. The summed E-state index contributed by atoms with van der Waals surface area (Å²) in [5.74, 6) is 0.673. The van der Waals surface area contributed by atoms with E-state index < -0.39 is 0 Å². The summed E-state index contributed by atoms with van der Waals surface area (Å²) >= 11 is 0. The van der Waals surface area contributed by atoms with Gasteiger partial charge in [-0.05, 0) is 30.7 Å². The van der Waals surface area contributed by atoms with E-state index in [9.17, 15) is 4.79 Å². The van der Waals surface area contributed by atoms with E-state index in [1.807, 2.05) is 41.0 Å². The van der Waals surface area contributed by atoms with Crippen molar-refractivity contribution in [2.45, 2.75) is 13.5 Å². The van der Waals surface area contributed by atoms with Gasteiger partial charge in [-0.3, -0.25) is 9.36 Å². The summed E-state index contributed by atoms with van der Waals surface area (Å²) in [5, 5.41) is 6.48. The predicted molar refractivity (Wildman–Crippen MR) is 91.3 cm³/mol. The standard InChI is InChI=1S/C18H15N5O2/c1-12-8-16(25-22-12)18(24)20-10-13-6-7-17(19-9-13)23-11-21-14-4-2-3-5-15(14)23/h2-9,11H,10H2,1H3,(H,20,24). The molecule has 124 valence electrons. The number of aryl methyl sites for hydroxylation is 1. The van der Waals surface area contributed by atoms with Crippen molar-refractivity contribution >= 4 is 16.9 Å². The first-order valence-electron chi connectivity index (χ1n) is 7.79. The summed E-state index contributed by atoms with van der Waals surface area (Å²) < 4.78 is 6.86. The number of carbonyl (C=O) groups is 1. The van der Waals surface area contributed by atoms with E-state index >= 15 is 0 Å². The highest BCUT2D eigenvalue weighted by molar-refractivity contribution is 5.91. The van der Waals surface area contributed by atoms with Gasteiger partial charge in [0.2, 0.25) is 5.76 Å². The molecule has 0 spiro atoms. The number of pyridine rings is 1. The fraction of sp³-hybridized carbons (Fsp3) is 0.111. The molecule has 4 aromatic rings. The van der Waals surface area contributed by atoms with Gasteiger partial charge in [0.15, 0.2) is 0 Å². The molecule has 0 aliphatic heterocycles. The van der Waals surface area contributed by atoms with Gasteiger partial charge >= 0.3 is 0 Å². The van der Waals surface area contributed by atoms with Crippen molar-refractivity contribution in [3.05, 3.63) is 72.0 Å². The number of nitrogens with one attached hydrogen (secondary N) is 1. The van der Waals surface area contributed by atoms with Gasteiger partial charge in [-0.1, -0.05) is 23.4 Å². The first kappa shape index (κ1) is 15.1. The summed E-state index contributed by atoms with van der Waals surface area (Å²) in [6.07, 6.45) is 3.48. The number of nitrogens with zero attached hydrogens (tertiary/aromatic N) is 4. The summed E-state index contributed by atoms with van der Waals surface area (Å²) in [7, 11) is 0. The number of amides is 1. The zero-order valence-corrected chi connectivity index (χ0v) is 13.5. The van der Waals surface area contributed by atoms with Crippen molar-refractivity contribution in [2.75, 3.05) is 0 Å². The minimum absolute atomic E-state index is 0.201. The molecule has 0 saturated heterocycles. The van der Waals surface area contributed by atoms with Gasteiger partial charge < -0.3 is 9.84 Å². The Labute approximate surface area is 143 Å². The Morgan fingerprint density at radius 1 is 1.20 bits per heavy atom. The molecule has 0 unspecified atom stereocenters. The zero-order valence-electron chi connectivity index (χ0n) is 13.5. The van der Waals surface area contributed by atoms with Crippen molar-refractivity contribution < 1.29 is 9.32 Å². The van der Waals surface area contributed by atoms with E-state index in [4.69, 9.17) is 4.52 Å². The van der Waals surface area contributed by atoms with Crippen LogP contribution in [-0.4, -0.2) is 25.6 Å². The third kappa shape index (κ3) is 2.99. The number of carbonyl (C=O) groups excluding carboxylic acids is 1. The van der Waals surface area contributed by atoms with Gasteiger partial charge in [-0.15, -0.1) is 0 Å². The van der Waals surface area contributed by atoms with E-state index in [1.54, 1.807) is 25.5 Å². The zero-order chi connectivity index (χ0) is 17.2. The lowest BCUT2D eigenvalue weighted by molar-refractivity contribution is 0.0914. The van der Waals surface area contributed by atoms with Gasteiger partial charge in [0, 0.05) is 18.8 Å². The van der Waals surface area contributed by atoms with Crippen LogP contribution in [0.2, 0.25) is 0 Å². The fourth-order valence-corrected chi connectivity index (χ4v) is 2.55. The highest BCUT2D eigenvalue weighted by Gasteiger charge is 2.11. The average Bonchev–Trinajstić information content (AvgIpc) is 3.26. The Hall–Kier alpha value is -3.48. The molecule has 0 bridgehead atoms. The second kappa shape index (κ2) is 6.20. The van der Waals surface area contributed by atoms with Crippen LogP contribution in [0.3, 0.4) is 0 Å². The molecule has 7 heteroatoms. The smallest absolute Gasteiger partial charge is 0.290 e. The topological polar surface area (TPSA) is 85.8 Å². The third-order valence-corrected chi connectivity index (χ3v) is 3.81. The van der Waals surface area contributed by atoms with E-state index in [0.717, 1.165) is 22.4 Å². The fourth-order valence-electron chi connectivity index (χ4n) is 2.55. The number of fused-ring (bicyclic) bond motifs is 1. The number of para-hydroxylation sites is 2. The molecule has 1 N–H and O–H groups in total. The second-order valence-corrected chi connectivity index (χ2v) is 5.64. The maximum Gasteiger partial charge on any atom is 0.290 e. The third-order valence-electron chi connectivity index (χ3n) is 3.81. The number of hydrogen-bond donors (Lipinski definition) is 1. The normalized spacial score (nSPS) is 10.9. The van der Waals surface area contributed by atoms with Gasteiger partial charge in [-0.2, -0.15) is 0 Å². The Bertz CT molecular complexity index is 1030. The van der Waals surface area contributed by atoms with Crippen LogP contribution in [0.4, 0.5) is 0 Å². The van der Waals surface area contributed by atoms with E-state index in [0.29, 0.717) is 12.2 Å².